The molecule has 6 nitrogen and oxygen atoms in total. The molecule has 1 aliphatic rings. The molecule has 3 rings (SSSR count). The lowest BCUT2D eigenvalue weighted by Gasteiger charge is -2.34. The Morgan fingerprint density at radius 2 is 2.17 bits per heavy atom. The number of hydrogen-bond acceptors (Lipinski definition) is 4. The van der Waals surface area contributed by atoms with Gasteiger partial charge in [-0.1, -0.05) is 29.8 Å². The Morgan fingerprint density at radius 3 is 2.92 bits per heavy atom. The molecular weight excluding hydrogens is 324 g/mol. The first-order valence-corrected chi connectivity index (χ1v) is 10.0. The highest BCUT2D eigenvalue weighted by atomic mass is 32.2. The molecule has 24 heavy (non-hydrogen) atoms. The van der Waals surface area contributed by atoms with Crippen molar-refractivity contribution in [1.29, 1.82) is 0 Å². The smallest absolute Gasteiger partial charge is 0.208 e. The number of aromatic nitrogens is 2. The molecule has 0 radical (unpaired) electrons. The zero-order valence-electron chi connectivity index (χ0n) is 14.1. The van der Waals surface area contributed by atoms with Crippen LogP contribution in [-0.2, 0) is 23.1 Å². The summed E-state index contributed by atoms with van der Waals surface area (Å²) in [6, 6.07) is 10.8. The fourth-order valence-corrected chi connectivity index (χ4v) is 3.77. The Balaban J connectivity index is 1.68. The van der Waals surface area contributed by atoms with Crippen LogP contribution in [0.2, 0.25) is 0 Å². The van der Waals surface area contributed by atoms with E-state index in [1.54, 1.807) is 0 Å². The maximum absolute atomic E-state index is 11.3. The van der Waals surface area contributed by atoms with Crippen LogP contribution < -0.4 is 4.72 Å². The molecular formula is C17H24N4O2S. The summed E-state index contributed by atoms with van der Waals surface area (Å²) in [6.07, 6.45) is 3.74. The summed E-state index contributed by atoms with van der Waals surface area (Å²) in [5.74, 6) is 0. The Bertz CT molecular complexity index is 800. The number of nitrogens with zero attached hydrogens (tertiary/aromatic N) is 3. The largest absolute Gasteiger partial charge is 0.291 e. The molecule has 2 aromatic rings. The van der Waals surface area contributed by atoms with E-state index < -0.39 is 10.0 Å². The number of benzene rings is 1. The van der Waals surface area contributed by atoms with Gasteiger partial charge < -0.3 is 0 Å². The highest BCUT2D eigenvalue weighted by molar-refractivity contribution is 7.88. The Labute approximate surface area is 143 Å². The second-order valence-electron chi connectivity index (χ2n) is 6.53. The van der Waals surface area contributed by atoms with Gasteiger partial charge >= 0.3 is 0 Å². The van der Waals surface area contributed by atoms with Gasteiger partial charge in [0.05, 0.1) is 18.0 Å². The van der Waals surface area contributed by atoms with Crippen molar-refractivity contribution >= 4 is 10.0 Å². The van der Waals surface area contributed by atoms with Gasteiger partial charge in [-0.15, -0.1) is 0 Å². The van der Waals surface area contributed by atoms with Gasteiger partial charge in [0, 0.05) is 32.4 Å². The van der Waals surface area contributed by atoms with Crippen molar-refractivity contribution in [1.82, 2.24) is 19.4 Å². The Morgan fingerprint density at radius 1 is 1.33 bits per heavy atom. The summed E-state index contributed by atoms with van der Waals surface area (Å²) in [5.41, 5.74) is 3.75. The van der Waals surface area contributed by atoms with Crippen molar-refractivity contribution in [2.75, 3.05) is 19.3 Å². The summed E-state index contributed by atoms with van der Waals surface area (Å²) in [4.78, 5) is 2.40. The summed E-state index contributed by atoms with van der Waals surface area (Å²) >= 11 is 0. The minimum Gasteiger partial charge on any atom is -0.291 e. The van der Waals surface area contributed by atoms with Crippen LogP contribution >= 0.6 is 0 Å². The van der Waals surface area contributed by atoms with Gasteiger partial charge in [-0.3, -0.25) is 9.58 Å². The van der Waals surface area contributed by atoms with E-state index in [-0.39, 0.29) is 6.04 Å². The molecule has 0 saturated carbocycles. The number of fused-ring (bicyclic) bond motifs is 1. The van der Waals surface area contributed by atoms with E-state index in [2.05, 4.69) is 45.9 Å². The van der Waals surface area contributed by atoms with E-state index in [9.17, 15) is 8.42 Å². The molecule has 0 amide bonds. The quantitative estimate of drug-likeness (QED) is 0.863. The third-order valence-corrected chi connectivity index (χ3v) is 5.01. The molecule has 2 heterocycles. The fraction of sp³-hybridized carbons (Fsp3) is 0.471. The molecule has 0 bridgehead atoms. The SMILES string of the molecule is Cc1cccc(CN2Cc3ccnn3C(CCNS(C)(=O)=O)C2)c1. The van der Waals surface area contributed by atoms with Crippen LogP contribution in [-0.4, -0.2) is 42.4 Å². The normalized spacial score (nSPS) is 18.5. The molecule has 1 N–H and O–H groups in total. The number of rotatable bonds is 6. The van der Waals surface area contributed by atoms with Crippen LogP contribution in [0.5, 0.6) is 0 Å². The van der Waals surface area contributed by atoms with Gasteiger partial charge in [0.25, 0.3) is 0 Å². The molecule has 130 valence electrons. The first-order valence-electron chi connectivity index (χ1n) is 8.15. The standard InChI is InChI=1S/C17H24N4O2S/c1-14-4-3-5-15(10-14)11-20-12-16-6-8-18-21(16)17(13-20)7-9-19-24(2,22)23/h3-6,8,10,17,19H,7,9,11-13H2,1-2H3. The van der Waals surface area contributed by atoms with Gasteiger partial charge in [-0.05, 0) is 25.0 Å². The van der Waals surface area contributed by atoms with E-state index in [0.717, 1.165) is 26.1 Å². The predicted octanol–water partition coefficient (Wildman–Crippen LogP) is 1.69. The van der Waals surface area contributed by atoms with Gasteiger partial charge in [0.1, 0.15) is 0 Å². The molecule has 1 aliphatic heterocycles. The highest BCUT2D eigenvalue weighted by Gasteiger charge is 2.25. The maximum atomic E-state index is 11.3. The zero-order valence-corrected chi connectivity index (χ0v) is 15.0. The molecule has 1 atom stereocenters. The van der Waals surface area contributed by atoms with Gasteiger partial charge in [0.2, 0.25) is 10.0 Å². The Kier molecular flexibility index (Phi) is 5.03. The van der Waals surface area contributed by atoms with E-state index in [0.29, 0.717) is 6.54 Å². The minimum atomic E-state index is -3.15. The van der Waals surface area contributed by atoms with Gasteiger partial charge in [-0.2, -0.15) is 5.10 Å². The zero-order chi connectivity index (χ0) is 17.2. The molecule has 7 heteroatoms. The first-order chi connectivity index (χ1) is 11.4. The van der Waals surface area contributed by atoms with Gasteiger partial charge in [0.15, 0.2) is 0 Å². The van der Waals surface area contributed by atoms with Gasteiger partial charge in [-0.25, -0.2) is 13.1 Å². The third kappa shape index (κ3) is 4.43. The Hall–Kier alpha value is -1.70. The topological polar surface area (TPSA) is 67.2 Å². The average molecular weight is 348 g/mol. The lowest BCUT2D eigenvalue weighted by molar-refractivity contribution is 0.162. The van der Waals surface area contributed by atoms with Crippen LogP contribution in [0.4, 0.5) is 0 Å². The molecule has 1 aromatic heterocycles. The van der Waals surface area contributed by atoms with Crippen LogP contribution in [0.1, 0.15) is 29.3 Å². The highest BCUT2D eigenvalue weighted by Crippen LogP contribution is 2.24. The van der Waals surface area contributed by atoms with Crippen molar-refractivity contribution in [3.05, 3.63) is 53.3 Å². The van der Waals surface area contributed by atoms with Crippen molar-refractivity contribution in [3.63, 3.8) is 0 Å². The summed E-state index contributed by atoms with van der Waals surface area (Å²) in [6.45, 7) is 5.16. The number of nitrogens with one attached hydrogen (secondary N) is 1. The summed E-state index contributed by atoms with van der Waals surface area (Å²) in [5, 5.41) is 4.42. The van der Waals surface area contributed by atoms with E-state index >= 15 is 0 Å². The second-order valence-corrected chi connectivity index (χ2v) is 8.37. The van der Waals surface area contributed by atoms with Crippen molar-refractivity contribution < 1.29 is 8.42 Å². The number of hydrogen-bond donors (Lipinski definition) is 1. The molecule has 0 aliphatic carbocycles. The number of aryl methyl sites for hydroxylation is 1. The summed E-state index contributed by atoms with van der Waals surface area (Å²) < 4.78 is 27.1. The third-order valence-electron chi connectivity index (χ3n) is 4.28. The van der Waals surface area contributed by atoms with E-state index in [1.165, 1.54) is 23.1 Å². The molecule has 1 unspecified atom stereocenters. The molecule has 0 spiro atoms. The molecule has 0 fully saturated rings. The summed E-state index contributed by atoms with van der Waals surface area (Å²) in [7, 11) is -3.15. The maximum Gasteiger partial charge on any atom is 0.208 e. The van der Waals surface area contributed by atoms with Crippen LogP contribution in [0.3, 0.4) is 0 Å². The minimum absolute atomic E-state index is 0.183. The molecule has 0 saturated heterocycles. The first kappa shape index (κ1) is 17.1. The van der Waals surface area contributed by atoms with Crippen molar-refractivity contribution in [2.45, 2.75) is 32.5 Å². The monoisotopic (exact) mass is 348 g/mol. The van der Waals surface area contributed by atoms with Crippen LogP contribution in [0.15, 0.2) is 36.5 Å². The van der Waals surface area contributed by atoms with Crippen molar-refractivity contribution in [3.8, 4) is 0 Å². The second kappa shape index (κ2) is 7.04. The van der Waals surface area contributed by atoms with E-state index in [1.807, 2.05) is 16.9 Å². The van der Waals surface area contributed by atoms with Crippen LogP contribution in [0.25, 0.3) is 0 Å². The lowest BCUT2D eigenvalue weighted by Crippen LogP contribution is -2.38. The average Bonchev–Trinajstić information content (AvgIpc) is 2.94. The van der Waals surface area contributed by atoms with Crippen molar-refractivity contribution in [2.24, 2.45) is 0 Å². The van der Waals surface area contributed by atoms with Crippen LogP contribution in [0, 0.1) is 6.92 Å². The fourth-order valence-electron chi connectivity index (χ4n) is 3.28. The predicted molar refractivity (Wildman–Crippen MR) is 94.0 cm³/mol. The number of sulfonamides is 1. The van der Waals surface area contributed by atoms with E-state index in [4.69, 9.17) is 0 Å². The lowest BCUT2D eigenvalue weighted by atomic mass is 10.1. The molecule has 1 aromatic carbocycles.